The largest absolute Gasteiger partial charge is 0.0918 e. The van der Waals surface area contributed by atoms with E-state index < -0.39 is 0 Å². The van der Waals surface area contributed by atoms with E-state index in [2.05, 4.69) is 80.0 Å². The maximum Gasteiger partial charge on any atom is 0.00905 e. The number of allylic oxidation sites excluding steroid dienone is 4. The molecule has 0 bridgehead atoms. The summed E-state index contributed by atoms with van der Waals surface area (Å²) >= 11 is 0. The van der Waals surface area contributed by atoms with E-state index in [4.69, 9.17) is 0 Å². The third kappa shape index (κ3) is 4.15. The predicted octanol–water partition coefficient (Wildman–Crippen LogP) is 6.27. The summed E-state index contributed by atoms with van der Waals surface area (Å²) in [5.74, 6) is 0.686. The van der Waals surface area contributed by atoms with Crippen LogP contribution in [0.2, 0.25) is 0 Å². The summed E-state index contributed by atoms with van der Waals surface area (Å²) in [5, 5.41) is 2.53. The first-order chi connectivity index (χ1) is 8.46. The maximum atomic E-state index is 2.50. The molecule has 0 radical (unpaired) electrons. The first-order valence-corrected chi connectivity index (χ1v) is 11.0. The van der Waals surface area contributed by atoms with Gasteiger partial charge in [-0.3, -0.25) is 0 Å². The molecule has 2 heteroatoms. The van der Waals surface area contributed by atoms with E-state index in [-0.39, 0.29) is 15.8 Å². The standard InChI is InChI=1S/C17H32P2/c1-13(14-11-10-12-15(14)18(8)9)19(16(2,3)4)17(5,6)7/h10-14H,1-9H3/t13-,14?/m1/s1. The summed E-state index contributed by atoms with van der Waals surface area (Å²) in [4.78, 5) is 0. The third-order valence-corrected chi connectivity index (χ3v) is 9.32. The van der Waals surface area contributed by atoms with Crippen molar-refractivity contribution >= 4 is 15.8 Å². The van der Waals surface area contributed by atoms with Gasteiger partial charge in [-0.1, -0.05) is 82.5 Å². The molecule has 19 heavy (non-hydrogen) atoms. The molecule has 110 valence electrons. The Labute approximate surface area is 123 Å². The van der Waals surface area contributed by atoms with E-state index in [1.807, 2.05) is 0 Å². The van der Waals surface area contributed by atoms with Crippen LogP contribution in [-0.2, 0) is 0 Å². The molecule has 0 saturated heterocycles. The fraction of sp³-hybridized carbons (Fsp3) is 0.765. The minimum Gasteiger partial charge on any atom is -0.0918 e. The van der Waals surface area contributed by atoms with E-state index in [1.54, 1.807) is 5.31 Å². The summed E-state index contributed by atoms with van der Waals surface area (Å²) in [7, 11) is -0.00895. The first-order valence-electron chi connectivity index (χ1n) is 7.31. The number of hydrogen-bond acceptors (Lipinski definition) is 0. The molecule has 0 aliphatic heterocycles. The Morgan fingerprint density at radius 3 is 1.84 bits per heavy atom. The summed E-state index contributed by atoms with van der Waals surface area (Å²) in [5.41, 5.74) is 0.768. The van der Waals surface area contributed by atoms with Gasteiger partial charge in [0.05, 0.1) is 0 Å². The predicted molar refractivity (Wildman–Crippen MR) is 95.4 cm³/mol. The highest BCUT2D eigenvalue weighted by Crippen LogP contribution is 2.66. The fourth-order valence-electron chi connectivity index (χ4n) is 3.73. The minimum absolute atomic E-state index is 0.0391. The van der Waals surface area contributed by atoms with Crippen LogP contribution < -0.4 is 0 Å². The van der Waals surface area contributed by atoms with Crippen LogP contribution in [-0.4, -0.2) is 29.3 Å². The zero-order chi connectivity index (χ0) is 15.0. The average molecular weight is 298 g/mol. The molecule has 0 saturated carbocycles. The molecule has 1 unspecified atom stereocenters. The van der Waals surface area contributed by atoms with Crippen LogP contribution in [0.4, 0.5) is 0 Å². The van der Waals surface area contributed by atoms with Gasteiger partial charge in [0.25, 0.3) is 0 Å². The van der Waals surface area contributed by atoms with Crippen molar-refractivity contribution in [3.8, 4) is 0 Å². The van der Waals surface area contributed by atoms with Crippen molar-refractivity contribution in [2.24, 2.45) is 5.92 Å². The van der Waals surface area contributed by atoms with Crippen molar-refractivity contribution in [3.05, 3.63) is 23.5 Å². The molecule has 2 atom stereocenters. The number of rotatable bonds is 3. The van der Waals surface area contributed by atoms with E-state index >= 15 is 0 Å². The van der Waals surface area contributed by atoms with E-state index in [9.17, 15) is 0 Å². The van der Waals surface area contributed by atoms with Gasteiger partial charge in [-0.05, 0) is 34.6 Å². The quantitative estimate of drug-likeness (QED) is 0.539. The lowest BCUT2D eigenvalue weighted by molar-refractivity contribution is 0.658. The summed E-state index contributed by atoms with van der Waals surface area (Å²) in [6, 6.07) is 0. The van der Waals surface area contributed by atoms with Gasteiger partial charge in [-0.15, -0.1) is 0 Å². The first kappa shape index (κ1) is 17.4. The van der Waals surface area contributed by atoms with Crippen molar-refractivity contribution in [3.63, 3.8) is 0 Å². The number of hydrogen-bond donors (Lipinski definition) is 0. The molecule has 0 N–H and O–H groups in total. The Hall–Kier alpha value is 0.340. The van der Waals surface area contributed by atoms with Gasteiger partial charge in [0.1, 0.15) is 0 Å². The Balaban J connectivity index is 3.06. The van der Waals surface area contributed by atoms with Crippen LogP contribution >= 0.6 is 15.8 Å². The van der Waals surface area contributed by atoms with Crippen LogP contribution in [0.5, 0.6) is 0 Å². The molecule has 1 aliphatic rings. The molecule has 0 aromatic heterocycles. The highest BCUT2D eigenvalue weighted by atomic mass is 31.1. The Morgan fingerprint density at radius 1 is 1.00 bits per heavy atom. The monoisotopic (exact) mass is 298 g/mol. The Morgan fingerprint density at radius 2 is 1.47 bits per heavy atom. The zero-order valence-electron chi connectivity index (χ0n) is 14.3. The second-order valence-electron chi connectivity index (χ2n) is 7.85. The van der Waals surface area contributed by atoms with Gasteiger partial charge >= 0.3 is 0 Å². The Bertz CT molecular complexity index is 350. The van der Waals surface area contributed by atoms with Crippen LogP contribution in [0, 0.1) is 5.92 Å². The van der Waals surface area contributed by atoms with E-state index in [0.29, 0.717) is 16.2 Å². The van der Waals surface area contributed by atoms with Crippen LogP contribution in [0.25, 0.3) is 0 Å². The highest BCUT2D eigenvalue weighted by Gasteiger charge is 2.41. The highest BCUT2D eigenvalue weighted by molar-refractivity contribution is 7.62. The molecular weight excluding hydrogens is 266 g/mol. The van der Waals surface area contributed by atoms with Gasteiger partial charge in [-0.25, -0.2) is 0 Å². The molecule has 0 spiro atoms. The van der Waals surface area contributed by atoms with E-state index in [0.717, 1.165) is 5.66 Å². The van der Waals surface area contributed by atoms with Gasteiger partial charge in [0, 0.05) is 5.92 Å². The van der Waals surface area contributed by atoms with Gasteiger partial charge in [0.15, 0.2) is 0 Å². The second-order valence-corrected chi connectivity index (χ2v) is 14.4. The van der Waals surface area contributed by atoms with Crippen LogP contribution in [0.3, 0.4) is 0 Å². The van der Waals surface area contributed by atoms with Crippen molar-refractivity contribution in [2.75, 3.05) is 13.3 Å². The third-order valence-electron chi connectivity index (χ3n) is 3.82. The smallest absolute Gasteiger partial charge is 0.00905 e. The SMILES string of the molecule is C[C@H](C1C=CC=C1P(C)C)P(C(C)(C)C)C(C)(C)C. The molecule has 0 aromatic carbocycles. The van der Waals surface area contributed by atoms with Gasteiger partial charge in [0.2, 0.25) is 0 Å². The summed E-state index contributed by atoms with van der Waals surface area (Å²) in [6.45, 7) is 21.9. The molecule has 0 aromatic rings. The molecule has 0 heterocycles. The molecular formula is C17H32P2. The lowest BCUT2D eigenvalue weighted by atomic mass is 10.1. The summed E-state index contributed by atoms with van der Waals surface area (Å²) < 4.78 is 0. The molecule has 1 rings (SSSR count). The topological polar surface area (TPSA) is 0 Å². The van der Waals surface area contributed by atoms with Crippen LogP contribution in [0.1, 0.15) is 48.5 Å². The Kier molecular flexibility index (Phi) is 5.48. The van der Waals surface area contributed by atoms with Gasteiger partial charge < -0.3 is 0 Å². The molecule has 1 aliphatic carbocycles. The molecule has 0 amide bonds. The van der Waals surface area contributed by atoms with Crippen molar-refractivity contribution < 1.29 is 0 Å². The lowest BCUT2D eigenvalue weighted by Gasteiger charge is -2.47. The van der Waals surface area contributed by atoms with E-state index in [1.165, 1.54) is 0 Å². The van der Waals surface area contributed by atoms with Crippen molar-refractivity contribution in [1.29, 1.82) is 0 Å². The molecule has 0 nitrogen and oxygen atoms in total. The van der Waals surface area contributed by atoms with Gasteiger partial charge in [-0.2, -0.15) is 0 Å². The molecule has 0 fully saturated rings. The zero-order valence-corrected chi connectivity index (χ0v) is 16.1. The minimum atomic E-state index is -0.0481. The second kappa shape index (κ2) is 5.99. The maximum absolute atomic E-state index is 2.50. The normalized spacial score (nSPS) is 22.3. The fourth-order valence-corrected chi connectivity index (χ4v) is 10.2. The van der Waals surface area contributed by atoms with Crippen LogP contribution in [0.15, 0.2) is 23.5 Å². The van der Waals surface area contributed by atoms with Crippen molar-refractivity contribution in [2.45, 2.75) is 64.4 Å². The summed E-state index contributed by atoms with van der Waals surface area (Å²) in [6.07, 6.45) is 7.12. The average Bonchev–Trinajstić information content (AvgIpc) is 2.59. The lowest BCUT2D eigenvalue weighted by Crippen LogP contribution is -2.33. The van der Waals surface area contributed by atoms with Crippen molar-refractivity contribution in [1.82, 2.24) is 0 Å².